The number of nitrogens with zero attached hydrogens (tertiary/aromatic N) is 1. The van der Waals surface area contributed by atoms with Crippen molar-refractivity contribution in [1.82, 2.24) is 0 Å². The monoisotopic (exact) mass is 381 g/mol. The third-order valence-electron chi connectivity index (χ3n) is 5.08. The Bertz CT molecular complexity index is 1010. The summed E-state index contributed by atoms with van der Waals surface area (Å²) in [5.41, 5.74) is 13.0. The average Bonchev–Trinajstić information content (AvgIpc) is 2.80. The summed E-state index contributed by atoms with van der Waals surface area (Å²) in [6.45, 7) is 1.32. The first-order chi connectivity index (χ1) is 14.3. The van der Waals surface area contributed by atoms with Crippen LogP contribution in [-0.2, 0) is 6.54 Å². The summed E-state index contributed by atoms with van der Waals surface area (Å²) in [7, 11) is 1.69. The van der Waals surface area contributed by atoms with Crippen LogP contribution in [0.3, 0.4) is 0 Å². The van der Waals surface area contributed by atoms with Crippen LogP contribution in [0.4, 0.5) is 0 Å². The molecule has 1 heterocycles. The van der Waals surface area contributed by atoms with Crippen LogP contribution in [0.25, 0.3) is 33.6 Å². The lowest BCUT2D eigenvalue weighted by molar-refractivity contribution is -0.672. The molecule has 0 radical (unpaired) electrons. The minimum absolute atomic E-state index is 0.576. The maximum Gasteiger partial charge on any atom is 0.213 e. The van der Waals surface area contributed by atoms with Crippen LogP contribution in [0.2, 0.25) is 0 Å². The third kappa shape index (κ3) is 4.05. The molecule has 3 heteroatoms. The average molecular weight is 381 g/mol. The van der Waals surface area contributed by atoms with Gasteiger partial charge in [0.05, 0.1) is 13.7 Å². The van der Waals surface area contributed by atoms with Gasteiger partial charge in [0.2, 0.25) is 11.4 Å². The van der Waals surface area contributed by atoms with Gasteiger partial charge in [-0.05, 0) is 47.5 Å². The summed E-state index contributed by atoms with van der Waals surface area (Å²) in [4.78, 5) is 0. The van der Waals surface area contributed by atoms with E-state index in [1.165, 1.54) is 16.7 Å². The fraction of sp³-hybridized carbons (Fsp3) is 0.115. The predicted octanol–water partition coefficient (Wildman–Crippen LogP) is 4.94. The normalized spacial score (nSPS) is 10.7. The molecule has 3 aromatic carbocycles. The van der Waals surface area contributed by atoms with E-state index in [4.69, 9.17) is 10.5 Å². The molecule has 2 N–H and O–H groups in total. The Morgan fingerprint density at radius 3 is 1.62 bits per heavy atom. The van der Waals surface area contributed by atoms with Gasteiger partial charge in [-0.3, -0.25) is 0 Å². The highest BCUT2D eigenvalue weighted by Gasteiger charge is 2.22. The molecule has 0 spiro atoms. The Hall–Kier alpha value is -3.43. The summed E-state index contributed by atoms with van der Waals surface area (Å²) in [6.07, 6.45) is 0. The topological polar surface area (TPSA) is 39.1 Å². The minimum atomic E-state index is 0.576. The van der Waals surface area contributed by atoms with E-state index in [1.54, 1.807) is 7.11 Å². The first kappa shape index (κ1) is 18.9. The molecule has 0 aliphatic rings. The molecule has 0 aliphatic carbocycles. The van der Waals surface area contributed by atoms with Gasteiger partial charge in [-0.15, -0.1) is 0 Å². The fourth-order valence-electron chi connectivity index (χ4n) is 3.64. The second-order valence-corrected chi connectivity index (χ2v) is 6.92. The Labute approximate surface area is 172 Å². The summed E-state index contributed by atoms with van der Waals surface area (Å²) in [5.74, 6) is 0.856. The van der Waals surface area contributed by atoms with Crippen LogP contribution in [0.15, 0.2) is 97.1 Å². The van der Waals surface area contributed by atoms with E-state index in [0.29, 0.717) is 6.54 Å². The number of hydrogen-bond acceptors (Lipinski definition) is 2. The molecule has 4 aromatic rings. The number of pyridine rings is 1. The Kier molecular flexibility index (Phi) is 5.68. The smallest absolute Gasteiger partial charge is 0.213 e. The Balaban J connectivity index is 1.97. The Morgan fingerprint density at radius 1 is 0.655 bits per heavy atom. The molecule has 0 saturated carbocycles. The van der Waals surface area contributed by atoms with Crippen LogP contribution in [-0.4, -0.2) is 13.7 Å². The van der Waals surface area contributed by atoms with Gasteiger partial charge < -0.3 is 10.5 Å². The van der Waals surface area contributed by atoms with Gasteiger partial charge in [0.25, 0.3) is 0 Å². The molecule has 0 fully saturated rings. The van der Waals surface area contributed by atoms with E-state index in [9.17, 15) is 0 Å². The van der Waals surface area contributed by atoms with Gasteiger partial charge in [0.1, 0.15) is 5.75 Å². The highest BCUT2D eigenvalue weighted by Crippen LogP contribution is 2.30. The summed E-state index contributed by atoms with van der Waals surface area (Å²) < 4.78 is 7.64. The second-order valence-electron chi connectivity index (χ2n) is 6.92. The van der Waals surface area contributed by atoms with E-state index in [1.807, 2.05) is 24.3 Å². The van der Waals surface area contributed by atoms with Gasteiger partial charge in [0, 0.05) is 23.3 Å². The highest BCUT2D eigenvalue weighted by atomic mass is 16.5. The molecule has 0 aliphatic heterocycles. The van der Waals surface area contributed by atoms with Crippen LogP contribution >= 0.6 is 0 Å². The molecule has 0 bridgehead atoms. The van der Waals surface area contributed by atoms with Crippen molar-refractivity contribution >= 4 is 0 Å². The molecule has 4 rings (SSSR count). The summed E-state index contributed by atoms with van der Waals surface area (Å²) in [6, 6.07) is 33.7. The van der Waals surface area contributed by atoms with Crippen molar-refractivity contribution < 1.29 is 9.30 Å². The Morgan fingerprint density at radius 2 is 1.17 bits per heavy atom. The van der Waals surface area contributed by atoms with Crippen molar-refractivity contribution in [3.8, 4) is 39.4 Å². The maximum absolute atomic E-state index is 6.00. The van der Waals surface area contributed by atoms with E-state index < -0.39 is 0 Å². The van der Waals surface area contributed by atoms with E-state index >= 15 is 0 Å². The van der Waals surface area contributed by atoms with Gasteiger partial charge in [-0.25, -0.2) is 0 Å². The SMILES string of the molecule is COc1ccc(-c2cc(-c3ccccc3)[n+](CCN)c(-c3ccccc3)c2)cc1. The van der Waals surface area contributed by atoms with Crippen molar-refractivity contribution in [1.29, 1.82) is 0 Å². The molecular weight excluding hydrogens is 356 g/mol. The van der Waals surface area contributed by atoms with Crippen molar-refractivity contribution in [2.75, 3.05) is 13.7 Å². The van der Waals surface area contributed by atoms with Crippen molar-refractivity contribution in [2.45, 2.75) is 6.54 Å². The van der Waals surface area contributed by atoms with E-state index in [-0.39, 0.29) is 0 Å². The lowest BCUT2D eigenvalue weighted by Gasteiger charge is -2.12. The van der Waals surface area contributed by atoms with E-state index in [0.717, 1.165) is 29.2 Å². The largest absolute Gasteiger partial charge is 0.497 e. The van der Waals surface area contributed by atoms with Gasteiger partial charge in [0.15, 0.2) is 6.54 Å². The summed E-state index contributed by atoms with van der Waals surface area (Å²) >= 11 is 0. The first-order valence-electron chi connectivity index (χ1n) is 9.83. The standard InChI is InChI=1S/C26H25N2O/c1-29-24-14-12-20(13-15-24)23-18-25(21-8-4-2-5-9-21)28(17-16-27)26(19-23)22-10-6-3-7-11-22/h2-15,18-19H,16-17,27H2,1H3/q+1. The number of rotatable bonds is 6. The number of methoxy groups -OCH3 is 1. The lowest BCUT2D eigenvalue weighted by atomic mass is 9.99. The zero-order chi connectivity index (χ0) is 20.1. The molecule has 0 saturated heterocycles. The highest BCUT2D eigenvalue weighted by molar-refractivity contribution is 5.74. The van der Waals surface area contributed by atoms with Crippen LogP contribution in [0.5, 0.6) is 5.75 Å². The van der Waals surface area contributed by atoms with Crippen molar-refractivity contribution in [2.24, 2.45) is 5.73 Å². The molecule has 0 amide bonds. The van der Waals surface area contributed by atoms with Crippen LogP contribution < -0.4 is 15.0 Å². The third-order valence-corrected chi connectivity index (χ3v) is 5.08. The number of nitrogens with two attached hydrogens (primary N) is 1. The molecule has 0 unspecified atom stereocenters. The molecule has 1 aromatic heterocycles. The maximum atomic E-state index is 6.00. The molecule has 144 valence electrons. The molecule has 29 heavy (non-hydrogen) atoms. The zero-order valence-electron chi connectivity index (χ0n) is 16.6. The lowest BCUT2D eigenvalue weighted by Crippen LogP contribution is -2.42. The van der Waals surface area contributed by atoms with Crippen LogP contribution in [0.1, 0.15) is 0 Å². The number of aromatic nitrogens is 1. The van der Waals surface area contributed by atoms with E-state index in [2.05, 4.69) is 77.4 Å². The fourth-order valence-corrected chi connectivity index (χ4v) is 3.64. The predicted molar refractivity (Wildman–Crippen MR) is 119 cm³/mol. The number of hydrogen-bond donors (Lipinski definition) is 1. The quantitative estimate of drug-likeness (QED) is 0.480. The summed E-state index contributed by atoms with van der Waals surface area (Å²) in [5, 5.41) is 0. The van der Waals surface area contributed by atoms with Gasteiger partial charge >= 0.3 is 0 Å². The first-order valence-corrected chi connectivity index (χ1v) is 9.83. The van der Waals surface area contributed by atoms with Gasteiger partial charge in [-0.1, -0.05) is 48.5 Å². The number of ether oxygens (including phenoxy) is 1. The molecular formula is C26H25N2O+. The molecule has 0 atom stereocenters. The minimum Gasteiger partial charge on any atom is -0.497 e. The molecule has 3 nitrogen and oxygen atoms in total. The van der Waals surface area contributed by atoms with Crippen molar-refractivity contribution in [3.05, 3.63) is 97.1 Å². The number of benzene rings is 3. The van der Waals surface area contributed by atoms with Gasteiger partial charge in [-0.2, -0.15) is 4.57 Å². The van der Waals surface area contributed by atoms with Crippen molar-refractivity contribution in [3.63, 3.8) is 0 Å². The zero-order valence-corrected chi connectivity index (χ0v) is 16.6. The second kappa shape index (κ2) is 8.72. The van der Waals surface area contributed by atoms with Crippen LogP contribution in [0, 0.1) is 0 Å².